The Hall–Kier alpha value is -7.98. The lowest BCUT2D eigenvalue weighted by Gasteiger charge is -2.33. The number of esters is 1. The van der Waals surface area contributed by atoms with Gasteiger partial charge in [0, 0.05) is 13.8 Å². The van der Waals surface area contributed by atoms with Crippen LogP contribution in [0.1, 0.15) is 140 Å². The molecule has 0 radical (unpaired) electrons. The molecule has 5 amide bonds. The van der Waals surface area contributed by atoms with E-state index < -0.39 is 76.4 Å². The summed E-state index contributed by atoms with van der Waals surface area (Å²) in [6, 6.07) is 49.9. The van der Waals surface area contributed by atoms with E-state index in [1.54, 1.807) is 13.8 Å². The van der Waals surface area contributed by atoms with E-state index in [4.69, 9.17) is 14.7 Å². The van der Waals surface area contributed by atoms with Gasteiger partial charge in [0.25, 0.3) is 5.91 Å². The van der Waals surface area contributed by atoms with Crippen LogP contribution in [0.5, 0.6) is 0 Å². The van der Waals surface area contributed by atoms with Crippen molar-refractivity contribution in [2.75, 3.05) is 0 Å². The Bertz CT molecular complexity index is 3210. The summed E-state index contributed by atoms with van der Waals surface area (Å²) in [6.07, 6.45) is 0.193. The van der Waals surface area contributed by atoms with Crippen LogP contribution in [0.4, 0.5) is 0 Å². The zero-order valence-corrected chi connectivity index (χ0v) is 52.0. The summed E-state index contributed by atoms with van der Waals surface area (Å²) < 4.78 is 11.4. The van der Waals surface area contributed by atoms with Crippen LogP contribution >= 0.6 is 0 Å². The van der Waals surface area contributed by atoms with E-state index in [9.17, 15) is 33.9 Å². The van der Waals surface area contributed by atoms with Crippen molar-refractivity contribution in [2.45, 2.75) is 164 Å². The molecule has 0 bridgehead atoms. The van der Waals surface area contributed by atoms with Gasteiger partial charge in [0.1, 0.15) is 18.2 Å². The first-order chi connectivity index (χ1) is 40.7. The molecule has 86 heavy (non-hydrogen) atoms. The Morgan fingerprint density at radius 2 is 0.930 bits per heavy atom. The Kier molecular flexibility index (Phi) is 23.7. The van der Waals surface area contributed by atoms with Gasteiger partial charge in [0.2, 0.25) is 29.4 Å². The fourth-order valence-electron chi connectivity index (χ4n) is 10.8. The minimum absolute atomic E-state index is 0.165. The third-order valence-corrected chi connectivity index (χ3v) is 15.6. The normalized spacial score (nSPS) is 16.3. The molecule has 1 heterocycles. The van der Waals surface area contributed by atoms with Gasteiger partial charge in [-0.15, -0.1) is 0 Å². The Balaban J connectivity index is 0.000000275. The van der Waals surface area contributed by atoms with Crippen LogP contribution in [0.15, 0.2) is 158 Å². The summed E-state index contributed by atoms with van der Waals surface area (Å²) in [6.45, 7) is 22.5. The van der Waals surface area contributed by atoms with Gasteiger partial charge in [-0.2, -0.15) is 0 Å². The van der Waals surface area contributed by atoms with Gasteiger partial charge >= 0.3 is 5.97 Å². The molecule has 2 unspecified atom stereocenters. The lowest BCUT2D eigenvalue weighted by Crippen LogP contribution is -2.56. The summed E-state index contributed by atoms with van der Waals surface area (Å²) in [7, 11) is 0. The molecule has 0 spiro atoms. The average molecular weight is 1170 g/mol. The zero-order valence-electron chi connectivity index (χ0n) is 52.0. The Morgan fingerprint density at radius 1 is 0.535 bits per heavy atom. The van der Waals surface area contributed by atoms with Crippen molar-refractivity contribution in [3.05, 3.63) is 191 Å². The molecule has 0 aromatic heterocycles. The number of cyclic esters (lactones) is 1. The number of hydrogen-bond acceptors (Lipinski definition) is 10. The van der Waals surface area contributed by atoms with Gasteiger partial charge in [-0.05, 0) is 133 Å². The highest BCUT2D eigenvalue weighted by molar-refractivity contribution is 5.93. The molecule has 458 valence electrons. The molecule has 0 saturated carbocycles. The first-order valence-corrected chi connectivity index (χ1v) is 29.8. The maximum absolute atomic E-state index is 13.9. The van der Waals surface area contributed by atoms with Crippen LogP contribution in [0, 0.1) is 36.5 Å². The second-order valence-corrected chi connectivity index (χ2v) is 25.2. The second-order valence-electron chi connectivity index (χ2n) is 25.2. The highest BCUT2D eigenvalue weighted by atomic mass is 16.8. The molecule has 6 aromatic rings. The summed E-state index contributed by atoms with van der Waals surface area (Å²) in [4.78, 5) is 79.4. The van der Waals surface area contributed by atoms with Crippen LogP contribution in [-0.4, -0.2) is 75.9 Å². The number of nitrogens with one attached hydrogen (secondary N) is 5. The van der Waals surface area contributed by atoms with E-state index in [2.05, 4.69) is 82.8 Å². The van der Waals surface area contributed by atoms with Gasteiger partial charge in [0.15, 0.2) is 6.10 Å². The molecule has 15 nitrogen and oxygen atoms in total. The van der Waals surface area contributed by atoms with E-state index in [1.807, 2.05) is 165 Å². The van der Waals surface area contributed by atoms with Gasteiger partial charge in [-0.1, -0.05) is 199 Å². The highest BCUT2D eigenvalue weighted by Crippen LogP contribution is 2.33. The number of aliphatic hydroxyl groups excluding tert-OH is 1. The number of benzene rings is 6. The molecule has 1 aliphatic heterocycles. The Morgan fingerprint density at radius 3 is 1.30 bits per heavy atom. The van der Waals surface area contributed by atoms with E-state index in [1.165, 1.54) is 22.2 Å². The largest absolute Gasteiger partial charge is 0.432 e. The third-order valence-electron chi connectivity index (χ3n) is 15.6. The first-order valence-electron chi connectivity index (χ1n) is 29.8. The highest BCUT2D eigenvalue weighted by Gasteiger charge is 2.48. The van der Waals surface area contributed by atoms with Crippen molar-refractivity contribution < 1.29 is 48.6 Å². The van der Waals surface area contributed by atoms with Crippen molar-refractivity contribution in [1.29, 1.82) is 0 Å². The summed E-state index contributed by atoms with van der Waals surface area (Å²) in [5, 5.41) is 31.6. The minimum atomic E-state index is -1.79. The summed E-state index contributed by atoms with van der Waals surface area (Å²) in [5.41, 5.74) is 11.2. The molecule has 8 atom stereocenters. The standard InChI is InChI=1S/C37H46N2O5.C34H43N3O5/c1-24-23-26(21-22-29(24)28-18-12-9-13-19-28)15-14-20-30(31-35(42)44-37(6,7)43-31)33(40)39-32(36(3,4)5)34(41)38-25(2)27-16-10-8-11-17-27;1-22-21-24(19-20-27(22)26-16-10-7-11-17-26)13-12-18-28(29(38)32(40)37-42)31(39)36-30(34(3,4)5)33(41)35-23(2)25-14-8-6-9-15-25/h8-13,16-19,21-23,25,30-32H,14-15,20H2,1-7H3,(H,38,41)(H,39,40);6-11,14-17,19-21,23,28-30,38,42H,12-13,18H2,1-5H3,(H,35,41)(H,36,39)(H,37,40)/t25-,30-,31+,32-;23?,28-,29?,30-/m11/s1. The maximum atomic E-state index is 13.9. The summed E-state index contributed by atoms with van der Waals surface area (Å²) >= 11 is 0. The van der Waals surface area contributed by atoms with E-state index in [0.29, 0.717) is 25.7 Å². The lowest BCUT2D eigenvalue weighted by molar-refractivity contribution is -0.162. The van der Waals surface area contributed by atoms with Gasteiger partial charge in [-0.25, -0.2) is 10.3 Å². The number of carbonyl (C=O) groups is 6. The van der Waals surface area contributed by atoms with Gasteiger partial charge in [-0.3, -0.25) is 29.2 Å². The van der Waals surface area contributed by atoms with Gasteiger partial charge in [0.05, 0.1) is 23.9 Å². The number of ether oxygens (including phenoxy) is 2. The zero-order chi connectivity index (χ0) is 62.9. The lowest BCUT2D eigenvalue weighted by atomic mass is 9.84. The Labute approximate surface area is 508 Å². The predicted molar refractivity (Wildman–Crippen MR) is 336 cm³/mol. The molecule has 0 aliphatic carbocycles. The van der Waals surface area contributed by atoms with Crippen molar-refractivity contribution in [2.24, 2.45) is 22.7 Å². The van der Waals surface area contributed by atoms with Crippen molar-refractivity contribution in [3.63, 3.8) is 0 Å². The molecule has 6 aromatic carbocycles. The van der Waals surface area contributed by atoms with Crippen LogP contribution in [0.25, 0.3) is 22.3 Å². The molecular formula is C71H89N5O10. The van der Waals surface area contributed by atoms with Crippen LogP contribution in [0.3, 0.4) is 0 Å². The van der Waals surface area contributed by atoms with Crippen molar-refractivity contribution in [1.82, 2.24) is 26.7 Å². The number of hydroxylamine groups is 1. The SMILES string of the molecule is Cc1cc(CCC[C@@H](C(=O)N[C@H](C(=O)NC(C)c2ccccc2)C(C)(C)C)C(O)C(=O)NO)ccc1-c1ccccc1.Cc1cc(CCC[C@@H](C(=O)N[C@H](C(=O)N[C@H](C)c2ccccc2)C(C)(C)C)[C@@H]2OC(C)(C)OC2=O)ccc1-c1ccccc1. The molecular weight excluding hydrogens is 1080 g/mol. The smallest absolute Gasteiger partial charge is 0.338 e. The average Bonchev–Trinajstić information content (AvgIpc) is 3.96. The number of rotatable bonds is 23. The molecule has 7 rings (SSSR count). The number of amides is 5. The molecule has 1 saturated heterocycles. The second kappa shape index (κ2) is 30.4. The topological polar surface area (TPSA) is 221 Å². The maximum Gasteiger partial charge on any atom is 0.338 e. The number of carbonyl (C=O) groups excluding carboxylic acids is 6. The number of aryl methyl sites for hydroxylation is 4. The van der Waals surface area contributed by atoms with Gasteiger partial charge < -0.3 is 35.8 Å². The van der Waals surface area contributed by atoms with Crippen molar-refractivity contribution in [3.8, 4) is 22.3 Å². The molecule has 1 fully saturated rings. The third kappa shape index (κ3) is 19.0. The summed E-state index contributed by atoms with van der Waals surface area (Å²) in [5.74, 6) is -6.46. The number of aliphatic hydroxyl groups is 1. The monoisotopic (exact) mass is 1170 g/mol. The minimum Gasteiger partial charge on any atom is -0.432 e. The van der Waals surface area contributed by atoms with E-state index >= 15 is 0 Å². The predicted octanol–water partition coefficient (Wildman–Crippen LogP) is 11.6. The fourth-order valence-corrected chi connectivity index (χ4v) is 10.8. The number of hydrogen-bond donors (Lipinski definition) is 7. The van der Waals surface area contributed by atoms with E-state index in [0.717, 1.165) is 45.4 Å². The molecule has 15 heteroatoms. The quantitative estimate of drug-likeness (QED) is 0.0183. The van der Waals surface area contributed by atoms with Crippen LogP contribution in [-0.2, 0) is 51.1 Å². The van der Waals surface area contributed by atoms with Crippen LogP contribution < -0.4 is 26.7 Å². The first kappa shape index (κ1) is 67.2. The van der Waals surface area contributed by atoms with E-state index in [-0.39, 0.29) is 30.3 Å². The van der Waals surface area contributed by atoms with Crippen molar-refractivity contribution >= 4 is 35.5 Å². The fraction of sp³-hybridized carbons (Fsp3) is 0.408. The molecule has 7 N–H and O–H groups in total. The van der Waals surface area contributed by atoms with Crippen LogP contribution in [0.2, 0.25) is 0 Å². The molecule has 1 aliphatic rings.